The number of nitrogens with one attached hydrogen (secondary N) is 1. The number of halogens is 3. The first-order valence-electron chi connectivity index (χ1n) is 5.08. The van der Waals surface area contributed by atoms with Gasteiger partial charge in [0.15, 0.2) is 0 Å². The third kappa shape index (κ3) is 1.79. The van der Waals surface area contributed by atoms with E-state index in [1.807, 2.05) is 13.8 Å². The van der Waals surface area contributed by atoms with Crippen LogP contribution in [-0.2, 0) is 6.18 Å². The van der Waals surface area contributed by atoms with Gasteiger partial charge in [0.05, 0.1) is 5.56 Å². The van der Waals surface area contributed by atoms with Crippen LogP contribution < -0.4 is 0 Å². The van der Waals surface area contributed by atoms with Gasteiger partial charge in [-0.3, -0.25) is 0 Å². The lowest BCUT2D eigenvalue weighted by molar-refractivity contribution is -0.136. The quantitative estimate of drug-likeness (QED) is 0.747. The molecule has 0 atom stereocenters. The Bertz CT molecular complexity index is 508. The molecule has 1 aromatic heterocycles. The van der Waals surface area contributed by atoms with Crippen LogP contribution in [0.3, 0.4) is 0 Å². The van der Waals surface area contributed by atoms with Gasteiger partial charge < -0.3 is 4.98 Å². The summed E-state index contributed by atoms with van der Waals surface area (Å²) in [6.07, 6.45) is -4.30. The maximum Gasteiger partial charge on any atom is 0.417 e. The highest BCUT2D eigenvalue weighted by Gasteiger charge is 2.32. The third-order valence-corrected chi connectivity index (χ3v) is 2.61. The molecule has 0 aliphatic carbocycles. The molecule has 0 bridgehead atoms. The highest BCUT2D eigenvalue weighted by atomic mass is 19.4. The molecule has 1 heterocycles. The number of fused-ring (bicyclic) bond motifs is 1. The molecule has 86 valence electrons. The van der Waals surface area contributed by atoms with Crippen molar-refractivity contribution < 1.29 is 13.2 Å². The highest BCUT2D eigenvalue weighted by Crippen LogP contribution is 2.35. The van der Waals surface area contributed by atoms with E-state index in [1.165, 1.54) is 6.07 Å². The van der Waals surface area contributed by atoms with Crippen molar-refractivity contribution in [1.29, 1.82) is 0 Å². The first-order valence-corrected chi connectivity index (χ1v) is 5.08. The number of H-pyrrole nitrogens is 1. The normalized spacial score (nSPS) is 12.6. The molecule has 0 aliphatic heterocycles. The van der Waals surface area contributed by atoms with Gasteiger partial charge in [-0.2, -0.15) is 13.2 Å². The van der Waals surface area contributed by atoms with Crippen LogP contribution in [0.1, 0.15) is 31.0 Å². The Kier molecular flexibility index (Phi) is 2.45. The lowest BCUT2D eigenvalue weighted by atomic mass is 10.1. The standard InChI is InChI=1S/C12H12F3N/c1-7(2)11-6-8-9(12(13,14)15)4-3-5-10(8)16-11/h3-7,16H,1-2H3. The molecule has 0 saturated heterocycles. The molecule has 0 aliphatic rings. The van der Waals surface area contributed by atoms with E-state index in [0.717, 1.165) is 11.8 Å². The zero-order valence-electron chi connectivity index (χ0n) is 9.02. The smallest absolute Gasteiger partial charge is 0.358 e. The van der Waals surface area contributed by atoms with Gasteiger partial charge in [-0.1, -0.05) is 19.9 Å². The number of alkyl halides is 3. The first kappa shape index (κ1) is 11.0. The van der Waals surface area contributed by atoms with Crippen LogP contribution in [0.5, 0.6) is 0 Å². The molecule has 2 rings (SSSR count). The Balaban J connectivity index is 2.68. The molecular weight excluding hydrogens is 215 g/mol. The Labute approximate surface area is 91.3 Å². The largest absolute Gasteiger partial charge is 0.417 e. The second-order valence-corrected chi connectivity index (χ2v) is 4.14. The molecule has 0 spiro atoms. The maximum atomic E-state index is 12.7. The molecule has 2 aromatic rings. The van der Waals surface area contributed by atoms with Gasteiger partial charge in [-0.05, 0) is 24.1 Å². The van der Waals surface area contributed by atoms with Gasteiger partial charge in [0.2, 0.25) is 0 Å². The van der Waals surface area contributed by atoms with Gasteiger partial charge in [0, 0.05) is 16.6 Å². The lowest BCUT2D eigenvalue weighted by Crippen LogP contribution is -2.04. The van der Waals surface area contributed by atoms with E-state index >= 15 is 0 Å². The van der Waals surface area contributed by atoms with E-state index in [-0.39, 0.29) is 11.3 Å². The van der Waals surface area contributed by atoms with Crippen LogP contribution >= 0.6 is 0 Å². The minimum atomic E-state index is -4.30. The monoisotopic (exact) mass is 227 g/mol. The Hall–Kier alpha value is -1.45. The van der Waals surface area contributed by atoms with E-state index in [9.17, 15) is 13.2 Å². The molecule has 0 radical (unpaired) electrons. The molecular formula is C12H12F3N. The molecule has 1 aromatic carbocycles. The third-order valence-electron chi connectivity index (χ3n) is 2.61. The van der Waals surface area contributed by atoms with Crippen molar-refractivity contribution in [2.24, 2.45) is 0 Å². The van der Waals surface area contributed by atoms with E-state index in [1.54, 1.807) is 12.1 Å². The van der Waals surface area contributed by atoms with E-state index in [2.05, 4.69) is 4.98 Å². The average Bonchev–Trinajstić information content (AvgIpc) is 2.58. The summed E-state index contributed by atoms with van der Waals surface area (Å²) in [7, 11) is 0. The minimum absolute atomic E-state index is 0.188. The Morgan fingerprint density at radius 3 is 2.44 bits per heavy atom. The van der Waals surface area contributed by atoms with Gasteiger partial charge in [-0.15, -0.1) is 0 Å². The minimum Gasteiger partial charge on any atom is -0.358 e. The van der Waals surface area contributed by atoms with Crippen LogP contribution in [0.25, 0.3) is 10.9 Å². The fourth-order valence-corrected chi connectivity index (χ4v) is 1.73. The predicted molar refractivity (Wildman–Crippen MR) is 57.4 cm³/mol. The summed E-state index contributed by atoms with van der Waals surface area (Å²) in [6, 6.07) is 5.78. The summed E-state index contributed by atoms with van der Waals surface area (Å²) in [5.41, 5.74) is 0.790. The van der Waals surface area contributed by atoms with Gasteiger partial charge in [0.25, 0.3) is 0 Å². The number of hydrogen-bond donors (Lipinski definition) is 1. The highest BCUT2D eigenvalue weighted by molar-refractivity contribution is 5.84. The van der Waals surface area contributed by atoms with E-state index in [4.69, 9.17) is 0 Å². The Morgan fingerprint density at radius 2 is 1.88 bits per heavy atom. The molecule has 4 heteroatoms. The number of aromatic nitrogens is 1. The van der Waals surface area contributed by atoms with Crippen molar-refractivity contribution >= 4 is 10.9 Å². The fraction of sp³-hybridized carbons (Fsp3) is 0.333. The lowest BCUT2D eigenvalue weighted by Gasteiger charge is -2.06. The van der Waals surface area contributed by atoms with Crippen molar-refractivity contribution in [2.45, 2.75) is 25.9 Å². The van der Waals surface area contributed by atoms with Crippen molar-refractivity contribution in [3.63, 3.8) is 0 Å². The van der Waals surface area contributed by atoms with Crippen LogP contribution in [0.2, 0.25) is 0 Å². The summed E-state index contributed by atoms with van der Waals surface area (Å²) in [4.78, 5) is 3.01. The number of aromatic amines is 1. The van der Waals surface area contributed by atoms with Crippen molar-refractivity contribution in [3.8, 4) is 0 Å². The molecule has 0 amide bonds. The second-order valence-electron chi connectivity index (χ2n) is 4.14. The molecule has 0 unspecified atom stereocenters. The fourth-order valence-electron chi connectivity index (χ4n) is 1.73. The topological polar surface area (TPSA) is 15.8 Å². The van der Waals surface area contributed by atoms with E-state index in [0.29, 0.717) is 5.52 Å². The van der Waals surface area contributed by atoms with Gasteiger partial charge in [-0.25, -0.2) is 0 Å². The van der Waals surface area contributed by atoms with E-state index < -0.39 is 11.7 Å². The zero-order chi connectivity index (χ0) is 11.9. The van der Waals surface area contributed by atoms with Crippen LogP contribution in [-0.4, -0.2) is 4.98 Å². The SMILES string of the molecule is CC(C)c1cc2c(C(F)(F)F)cccc2[nH]1. The first-order chi connectivity index (χ1) is 7.39. The molecule has 0 saturated carbocycles. The summed E-state index contributed by atoms with van der Waals surface area (Å²) in [5.74, 6) is 0.188. The van der Waals surface area contributed by atoms with Crippen LogP contribution in [0.4, 0.5) is 13.2 Å². The van der Waals surface area contributed by atoms with Crippen molar-refractivity contribution in [1.82, 2.24) is 4.98 Å². The molecule has 1 nitrogen and oxygen atoms in total. The van der Waals surface area contributed by atoms with Crippen LogP contribution in [0.15, 0.2) is 24.3 Å². The summed E-state index contributed by atoms with van der Waals surface area (Å²) in [6.45, 7) is 3.88. The zero-order valence-corrected chi connectivity index (χ0v) is 9.02. The number of benzene rings is 1. The maximum absolute atomic E-state index is 12.7. The molecule has 1 N–H and O–H groups in total. The summed E-state index contributed by atoms with van der Waals surface area (Å²) >= 11 is 0. The Morgan fingerprint density at radius 1 is 1.19 bits per heavy atom. The van der Waals surface area contributed by atoms with Gasteiger partial charge in [0.1, 0.15) is 0 Å². The number of rotatable bonds is 1. The van der Waals surface area contributed by atoms with Crippen molar-refractivity contribution in [3.05, 3.63) is 35.5 Å². The predicted octanol–water partition coefficient (Wildman–Crippen LogP) is 4.31. The average molecular weight is 227 g/mol. The number of hydrogen-bond acceptors (Lipinski definition) is 0. The second kappa shape index (κ2) is 3.54. The van der Waals surface area contributed by atoms with Gasteiger partial charge >= 0.3 is 6.18 Å². The van der Waals surface area contributed by atoms with Crippen molar-refractivity contribution in [2.75, 3.05) is 0 Å². The molecule has 0 fully saturated rings. The summed E-state index contributed by atoms with van der Waals surface area (Å²) < 4.78 is 38.1. The molecule has 16 heavy (non-hydrogen) atoms. The van der Waals surface area contributed by atoms with Crippen LogP contribution in [0, 0.1) is 0 Å². The summed E-state index contributed by atoms with van der Waals surface area (Å²) in [5, 5.41) is 0.249.